The summed E-state index contributed by atoms with van der Waals surface area (Å²) in [5.41, 5.74) is 0.108. The van der Waals surface area contributed by atoms with Crippen molar-refractivity contribution in [3.8, 4) is 5.75 Å². The summed E-state index contributed by atoms with van der Waals surface area (Å²) in [6.07, 6.45) is 3.97. The number of halogens is 1. The number of unbranched alkanes of at least 4 members (excludes halogenated alkanes) is 1. The van der Waals surface area contributed by atoms with E-state index in [4.69, 9.17) is 0 Å². The van der Waals surface area contributed by atoms with Crippen LogP contribution in [0.5, 0.6) is 5.75 Å². The van der Waals surface area contributed by atoms with Gasteiger partial charge in [-0.2, -0.15) is 11.8 Å². The highest BCUT2D eigenvalue weighted by molar-refractivity contribution is 7.98. The van der Waals surface area contributed by atoms with Gasteiger partial charge in [-0.15, -0.1) is 0 Å². The maximum absolute atomic E-state index is 12.7. The lowest BCUT2D eigenvalue weighted by Crippen LogP contribution is -2.24. The summed E-state index contributed by atoms with van der Waals surface area (Å²) < 4.78 is 12.7. The summed E-state index contributed by atoms with van der Waals surface area (Å²) in [7, 11) is 0. The molecule has 94 valence electrons. The number of carbonyl (C=O) groups excluding carboxylic acids is 1. The van der Waals surface area contributed by atoms with Gasteiger partial charge < -0.3 is 10.4 Å². The molecule has 17 heavy (non-hydrogen) atoms. The molecule has 3 nitrogen and oxygen atoms in total. The third-order valence-electron chi connectivity index (χ3n) is 2.27. The van der Waals surface area contributed by atoms with E-state index in [2.05, 4.69) is 5.32 Å². The van der Waals surface area contributed by atoms with E-state index in [-0.39, 0.29) is 17.2 Å². The SMILES string of the molecule is CSCCCCNC(=O)c1ccc(F)cc1O. The Morgan fingerprint density at radius 1 is 1.47 bits per heavy atom. The largest absolute Gasteiger partial charge is 0.507 e. The molecule has 1 amide bonds. The molecule has 5 heteroatoms. The molecule has 0 radical (unpaired) electrons. The Labute approximate surface area is 104 Å². The van der Waals surface area contributed by atoms with Crippen LogP contribution in [0.3, 0.4) is 0 Å². The number of amides is 1. The fourth-order valence-corrected chi connectivity index (χ4v) is 1.86. The van der Waals surface area contributed by atoms with Crippen LogP contribution in [0.1, 0.15) is 23.2 Å². The number of hydrogen-bond donors (Lipinski definition) is 2. The first kappa shape index (κ1) is 13.8. The minimum Gasteiger partial charge on any atom is -0.507 e. The van der Waals surface area contributed by atoms with E-state index in [1.807, 2.05) is 6.26 Å². The van der Waals surface area contributed by atoms with Crippen molar-refractivity contribution in [3.63, 3.8) is 0 Å². The second-order valence-corrected chi connectivity index (χ2v) is 4.60. The van der Waals surface area contributed by atoms with E-state index >= 15 is 0 Å². The second-order valence-electron chi connectivity index (χ2n) is 3.62. The summed E-state index contributed by atoms with van der Waals surface area (Å²) in [6, 6.07) is 3.37. The molecule has 0 fully saturated rings. The summed E-state index contributed by atoms with van der Waals surface area (Å²) in [6.45, 7) is 0.566. The van der Waals surface area contributed by atoms with Crippen molar-refractivity contribution < 1.29 is 14.3 Å². The molecule has 0 aliphatic heterocycles. The van der Waals surface area contributed by atoms with Crippen molar-refractivity contribution in [2.75, 3.05) is 18.6 Å². The van der Waals surface area contributed by atoms with Gasteiger partial charge in [0, 0.05) is 12.6 Å². The summed E-state index contributed by atoms with van der Waals surface area (Å²) in [4.78, 5) is 11.6. The van der Waals surface area contributed by atoms with E-state index in [9.17, 15) is 14.3 Å². The zero-order valence-electron chi connectivity index (χ0n) is 9.70. The highest BCUT2D eigenvalue weighted by atomic mass is 32.2. The van der Waals surface area contributed by atoms with Crippen molar-refractivity contribution in [3.05, 3.63) is 29.6 Å². The Balaban J connectivity index is 2.42. The molecule has 1 rings (SSSR count). The monoisotopic (exact) mass is 257 g/mol. The number of rotatable bonds is 6. The smallest absolute Gasteiger partial charge is 0.255 e. The van der Waals surface area contributed by atoms with Crippen LogP contribution in [0.4, 0.5) is 4.39 Å². The highest BCUT2D eigenvalue weighted by Crippen LogP contribution is 2.17. The Morgan fingerprint density at radius 2 is 2.24 bits per heavy atom. The summed E-state index contributed by atoms with van der Waals surface area (Å²) in [5.74, 6) is -0.185. The summed E-state index contributed by atoms with van der Waals surface area (Å²) >= 11 is 1.77. The maximum Gasteiger partial charge on any atom is 0.255 e. The average Bonchev–Trinajstić information content (AvgIpc) is 2.28. The predicted octanol–water partition coefficient (Wildman–Crippen LogP) is 2.40. The third kappa shape index (κ3) is 4.65. The van der Waals surface area contributed by atoms with Crippen molar-refractivity contribution >= 4 is 17.7 Å². The Morgan fingerprint density at radius 3 is 2.88 bits per heavy atom. The van der Waals surface area contributed by atoms with E-state index in [0.717, 1.165) is 30.7 Å². The molecule has 0 aromatic heterocycles. The van der Waals surface area contributed by atoms with Crippen LogP contribution < -0.4 is 5.32 Å². The Hall–Kier alpha value is -1.23. The zero-order valence-corrected chi connectivity index (χ0v) is 10.5. The van der Waals surface area contributed by atoms with Crippen molar-refractivity contribution in [2.24, 2.45) is 0 Å². The standard InChI is InChI=1S/C12H16FNO2S/c1-17-7-3-2-6-14-12(16)10-5-4-9(13)8-11(10)15/h4-5,8,15H,2-3,6-7H2,1H3,(H,14,16). The van der Waals surface area contributed by atoms with Crippen molar-refractivity contribution in [1.82, 2.24) is 5.32 Å². The molecular weight excluding hydrogens is 241 g/mol. The maximum atomic E-state index is 12.7. The van der Waals surface area contributed by atoms with Gasteiger partial charge in [-0.3, -0.25) is 4.79 Å². The molecule has 0 spiro atoms. The van der Waals surface area contributed by atoms with E-state index < -0.39 is 5.82 Å². The lowest BCUT2D eigenvalue weighted by molar-refractivity contribution is 0.0950. The average molecular weight is 257 g/mol. The van der Waals surface area contributed by atoms with E-state index in [1.165, 1.54) is 6.07 Å². The molecule has 0 aliphatic rings. The van der Waals surface area contributed by atoms with Crippen LogP contribution in [0.2, 0.25) is 0 Å². The molecule has 1 aromatic carbocycles. The molecule has 0 atom stereocenters. The van der Waals surface area contributed by atoms with Gasteiger partial charge in [-0.1, -0.05) is 0 Å². The van der Waals surface area contributed by atoms with E-state index in [1.54, 1.807) is 11.8 Å². The minimum atomic E-state index is -0.556. The third-order valence-corrected chi connectivity index (χ3v) is 2.96. The van der Waals surface area contributed by atoms with Gasteiger partial charge in [0.25, 0.3) is 5.91 Å². The van der Waals surface area contributed by atoms with Gasteiger partial charge in [-0.05, 0) is 37.0 Å². The molecular formula is C12H16FNO2S. The molecule has 0 bridgehead atoms. The number of hydrogen-bond acceptors (Lipinski definition) is 3. The normalized spacial score (nSPS) is 10.2. The molecule has 0 heterocycles. The molecule has 0 saturated carbocycles. The van der Waals surface area contributed by atoms with Gasteiger partial charge in [0.15, 0.2) is 0 Å². The molecule has 1 aromatic rings. The fourth-order valence-electron chi connectivity index (χ4n) is 1.37. The van der Waals surface area contributed by atoms with Gasteiger partial charge in [0.1, 0.15) is 11.6 Å². The number of thioether (sulfide) groups is 1. The number of benzene rings is 1. The zero-order chi connectivity index (χ0) is 12.7. The van der Waals surface area contributed by atoms with Crippen LogP contribution in [0.15, 0.2) is 18.2 Å². The number of carbonyl (C=O) groups is 1. The van der Waals surface area contributed by atoms with E-state index in [0.29, 0.717) is 6.54 Å². The molecule has 0 aliphatic carbocycles. The van der Waals surface area contributed by atoms with Crippen LogP contribution in [-0.4, -0.2) is 29.6 Å². The second kappa shape index (κ2) is 7.17. The predicted molar refractivity (Wildman–Crippen MR) is 68.0 cm³/mol. The minimum absolute atomic E-state index is 0.108. The van der Waals surface area contributed by atoms with Crippen molar-refractivity contribution in [1.29, 1.82) is 0 Å². The van der Waals surface area contributed by atoms with Gasteiger partial charge in [0.05, 0.1) is 5.56 Å². The topological polar surface area (TPSA) is 49.3 Å². The fraction of sp³-hybridized carbons (Fsp3) is 0.417. The van der Waals surface area contributed by atoms with Crippen LogP contribution in [-0.2, 0) is 0 Å². The lowest BCUT2D eigenvalue weighted by Gasteiger charge is -2.06. The molecule has 0 saturated heterocycles. The Kier molecular flexibility index (Phi) is 5.83. The first-order chi connectivity index (χ1) is 8.15. The number of phenolic OH excluding ortho intramolecular Hbond substituents is 1. The molecule has 2 N–H and O–H groups in total. The summed E-state index contributed by atoms with van der Waals surface area (Å²) in [5, 5.41) is 12.1. The van der Waals surface area contributed by atoms with Crippen LogP contribution >= 0.6 is 11.8 Å². The number of phenols is 1. The van der Waals surface area contributed by atoms with Gasteiger partial charge in [-0.25, -0.2) is 4.39 Å². The first-order valence-corrected chi connectivity index (χ1v) is 6.80. The van der Waals surface area contributed by atoms with Gasteiger partial charge >= 0.3 is 0 Å². The Bertz CT molecular complexity index is 385. The quantitative estimate of drug-likeness (QED) is 0.769. The van der Waals surface area contributed by atoms with Gasteiger partial charge in [0.2, 0.25) is 0 Å². The highest BCUT2D eigenvalue weighted by Gasteiger charge is 2.10. The molecule has 0 unspecified atom stereocenters. The number of aromatic hydroxyl groups is 1. The lowest BCUT2D eigenvalue weighted by atomic mass is 10.2. The van der Waals surface area contributed by atoms with Crippen molar-refractivity contribution in [2.45, 2.75) is 12.8 Å². The number of nitrogens with one attached hydrogen (secondary N) is 1. The van der Waals surface area contributed by atoms with Crippen LogP contribution in [0, 0.1) is 5.82 Å². The first-order valence-electron chi connectivity index (χ1n) is 5.41. The van der Waals surface area contributed by atoms with Crippen LogP contribution in [0.25, 0.3) is 0 Å².